The van der Waals surface area contributed by atoms with Crippen LogP contribution in [0.25, 0.3) is 0 Å². The molecule has 1 aliphatic rings. The van der Waals surface area contributed by atoms with Gasteiger partial charge in [-0.25, -0.2) is 0 Å². The van der Waals surface area contributed by atoms with Gasteiger partial charge in [-0.3, -0.25) is 4.90 Å². The molecule has 1 atom stereocenters. The Labute approximate surface area is 108 Å². The highest BCUT2D eigenvalue weighted by atomic mass is 32.1. The summed E-state index contributed by atoms with van der Waals surface area (Å²) < 4.78 is 0. The van der Waals surface area contributed by atoms with E-state index in [9.17, 15) is 0 Å². The van der Waals surface area contributed by atoms with Crippen LogP contribution in [-0.4, -0.2) is 49.1 Å². The van der Waals surface area contributed by atoms with Crippen LogP contribution in [-0.2, 0) is 6.54 Å². The van der Waals surface area contributed by atoms with Gasteiger partial charge in [0.1, 0.15) is 0 Å². The van der Waals surface area contributed by atoms with Crippen LogP contribution in [0, 0.1) is 0 Å². The van der Waals surface area contributed by atoms with E-state index < -0.39 is 0 Å². The van der Waals surface area contributed by atoms with E-state index in [0.29, 0.717) is 0 Å². The molecular formula is C13H23N3S. The SMILES string of the molecule is CN1CCCC(CN)(N(C)Cc2cccs2)C1. The average molecular weight is 253 g/mol. The molecule has 1 saturated heterocycles. The zero-order valence-corrected chi connectivity index (χ0v) is 11.7. The number of likely N-dealkylation sites (N-methyl/N-ethyl adjacent to an activating group) is 2. The molecule has 4 heteroatoms. The van der Waals surface area contributed by atoms with E-state index >= 15 is 0 Å². The topological polar surface area (TPSA) is 32.5 Å². The van der Waals surface area contributed by atoms with Crippen molar-refractivity contribution in [3.63, 3.8) is 0 Å². The van der Waals surface area contributed by atoms with Gasteiger partial charge in [0.25, 0.3) is 0 Å². The second-order valence-electron chi connectivity index (χ2n) is 5.21. The van der Waals surface area contributed by atoms with Gasteiger partial charge in [-0.1, -0.05) is 6.07 Å². The van der Waals surface area contributed by atoms with Crippen LogP contribution < -0.4 is 5.73 Å². The second kappa shape index (κ2) is 5.48. The summed E-state index contributed by atoms with van der Waals surface area (Å²) in [6.07, 6.45) is 2.47. The van der Waals surface area contributed by atoms with Crippen LogP contribution in [0.3, 0.4) is 0 Å². The van der Waals surface area contributed by atoms with Crippen LogP contribution >= 0.6 is 11.3 Å². The Morgan fingerprint density at radius 2 is 2.41 bits per heavy atom. The minimum Gasteiger partial charge on any atom is -0.329 e. The van der Waals surface area contributed by atoms with Gasteiger partial charge < -0.3 is 10.6 Å². The van der Waals surface area contributed by atoms with Gasteiger partial charge >= 0.3 is 0 Å². The number of likely N-dealkylation sites (tertiary alicyclic amines) is 1. The predicted molar refractivity (Wildman–Crippen MR) is 74.3 cm³/mol. The third-order valence-corrected chi connectivity index (χ3v) is 4.77. The third kappa shape index (κ3) is 2.88. The van der Waals surface area contributed by atoms with Crippen molar-refractivity contribution in [2.75, 3.05) is 33.7 Å². The Kier molecular flexibility index (Phi) is 4.20. The Balaban J connectivity index is 2.06. The number of hydrogen-bond acceptors (Lipinski definition) is 4. The molecule has 0 aromatic carbocycles. The largest absolute Gasteiger partial charge is 0.329 e. The molecule has 1 aromatic rings. The maximum Gasteiger partial charge on any atom is 0.0459 e. The zero-order valence-electron chi connectivity index (χ0n) is 10.9. The van der Waals surface area contributed by atoms with Crippen molar-refractivity contribution in [1.82, 2.24) is 9.80 Å². The number of thiophene rings is 1. The minimum absolute atomic E-state index is 0.164. The summed E-state index contributed by atoms with van der Waals surface area (Å²) in [7, 11) is 4.41. The molecule has 1 aliphatic heterocycles. The van der Waals surface area contributed by atoms with Gasteiger partial charge in [-0.2, -0.15) is 0 Å². The molecule has 0 radical (unpaired) electrons. The van der Waals surface area contributed by atoms with Gasteiger partial charge in [0.15, 0.2) is 0 Å². The van der Waals surface area contributed by atoms with Crippen molar-refractivity contribution >= 4 is 11.3 Å². The molecule has 0 spiro atoms. The van der Waals surface area contributed by atoms with Crippen molar-refractivity contribution in [3.05, 3.63) is 22.4 Å². The average Bonchev–Trinajstić information content (AvgIpc) is 2.81. The van der Waals surface area contributed by atoms with Crippen molar-refractivity contribution in [2.45, 2.75) is 24.9 Å². The summed E-state index contributed by atoms with van der Waals surface area (Å²) in [5.74, 6) is 0. The first-order chi connectivity index (χ1) is 8.16. The smallest absolute Gasteiger partial charge is 0.0459 e. The summed E-state index contributed by atoms with van der Waals surface area (Å²) in [6, 6.07) is 4.33. The van der Waals surface area contributed by atoms with E-state index in [1.165, 1.54) is 24.3 Å². The molecule has 0 amide bonds. The van der Waals surface area contributed by atoms with Gasteiger partial charge in [-0.15, -0.1) is 11.3 Å². The second-order valence-corrected chi connectivity index (χ2v) is 6.24. The fourth-order valence-corrected chi connectivity index (χ4v) is 3.53. The van der Waals surface area contributed by atoms with Crippen molar-refractivity contribution in [1.29, 1.82) is 0 Å². The fourth-order valence-electron chi connectivity index (χ4n) is 2.78. The van der Waals surface area contributed by atoms with E-state index in [4.69, 9.17) is 5.73 Å². The minimum atomic E-state index is 0.164. The lowest BCUT2D eigenvalue weighted by Gasteiger charge is -2.47. The maximum absolute atomic E-state index is 6.07. The van der Waals surface area contributed by atoms with Crippen LogP contribution in [0.1, 0.15) is 17.7 Å². The molecule has 17 heavy (non-hydrogen) atoms. The van der Waals surface area contributed by atoms with Crippen molar-refractivity contribution < 1.29 is 0 Å². The lowest BCUT2D eigenvalue weighted by atomic mass is 9.87. The first-order valence-electron chi connectivity index (χ1n) is 6.28. The van der Waals surface area contributed by atoms with Gasteiger partial charge in [-0.05, 0) is 44.9 Å². The highest BCUT2D eigenvalue weighted by molar-refractivity contribution is 7.09. The van der Waals surface area contributed by atoms with Gasteiger partial charge in [0.2, 0.25) is 0 Å². The normalized spacial score (nSPS) is 26.6. The highest BCUT2D eigenvalue weighted by Gasteiger charge is 2.36. The number of rotatable bonds is 4. The number of piperidine rings is 1. The summed E-state index contributed by atoms with van der Waals surface area (Å²) in [6.45, 7) is 4.06. The van der Waals surface area contributed by atoms with E-state index in [2.05, 4.69) is 41.4 Å². The molecule has 2 heterocycles. The number of nitrogens with zero attached hydrogens (tertiary/aromatic N) is 2. The molecule has 96 valence electrons. The molecule has 1 fully saturated rings. The first kappa shape index (κ1) is 13.0. The first-order valence-corrected chi connectivity index (χ1v) is 7.16. The molecule has 3 nitrogen and oxygen atoms in total. The van der Waals surface area contributed by atoms with Gasteiger partial charge in [0, 0.05) is 30.1 Å². The molecule has 2 rings (SSSR count). The molecular weight excluding hydrogens is 230 g/mol. The molecule has 0 saturated carbocycles. The van der Waals surface area contributed by atoms with Gasteiger partial charge in [0.05, 0.1) is 0 Å². The molecule has 1 unspecified atom stereocenters. The van der Waals surface area contributed by atoms with Crippen LogP contribution in [0.4, 0.5) is 0 Å². The van der Waals surface area contributed by atoms with E-state index in [-0.39, 0.29) is 5.54 Å². The molecule has 0 aliphatic carbocycles. The van der Waals surface area contributed by atoms with E-state index in [1.54, 1.807) is 0 Å². The Bertz CT molecular complexity index is 338. The third-order valence-electron chi connectivity index (χ3n) is 3.91. The predicted octanol–water partition coefficient (Wildman–Crippen LogP) is 1.60. The number of hydrogen-bond donors (Lipinski definition) is 1. The quantitative estimate of drug-likeness (QED) is 0.885. The molecule has 0 bridgehead atoms. The van der Waals surface area contributed by atoms with Crippen LogP contribution in [0.15, 0.2) is 17.5 Å². The fraction of sp³-hybridized carbons (Fsp3) is 0.692. The van der Waals surface area contributed by atoms with Crippen molar-refractivity contribution in [2.24, 2.45) is 5.73 Å². The molecule has 1 aromatic heterocycles. The zero-order chi connectivity index (χ0) is 12.3. The van der Waals surface area contributed by atoms with Crippen molar-refractivity contribution in [3.8, 4) is 0 Å². The van der Waals surface area contributed by atoms with E-state index in [0.717, 1.165) is 19.6 Å². The Morgan fingerprint density at radius 3 is 3.00 bits per heavy atom. The Morgan fingerprint density at radius 1 is 1.59 bits per heavy atom. The van der Waals surface area contributed by atoms with Crippen LogP contribution in [0.5, 0.6) is 0 Å². The monoisotopic (exact) mass is 253 g/mol. The van der Waals surface area contributed by atoms with Crippen LogP contribution in [0.2, 0.25) is 0 Å². The summed E-state index contributed by atoms with van der Waals surface area (Å²) in [5, 5.41) is 2.14. The van der Waals surface area contributed by atoms with E-state index in [1.807, 2.05) is 11.3 Å². The highest BCUT2D eigenvalue weighted by Crippen LogP contribution is 2.27. The standard InChI is InChI=1S/C13H23N3S/c1-15-7-4-6-13(10-14,11-15)16(2)9-12-5-3-8-17-12/h3,5,8H,4,6-7,9-11,14H2,1-2H3. The number of nitrogens with two attached hydrogens (primary N) is 1. The summed E-state index contributed by atoms with van der Waals surface area (Å²) in [4.78, 5) is 6.28. The molecule has 2 N–H and O–H groups in total. The summed E-state index contributed by atoms with van der Waals surface area (Å²) >= 11 is 1.83. The maximum atomic E-state index is 6.07. The summed E-state index contributed by atoms with van der Waals surface area (Å²) in [5.41, 5.74) is 6.23. The lowest BCUT2D eigenvalue weighted by Crippen LogP contribution is -2.60. The Hall–Kier alpha value is -0.420. The lowest BCUT2D eigenvalue weighted by molar-refractivity contribution is 0.0403.